The Hall–Kier alpha value is -1.36. The summed E-state index contributed by atoms with van der Waals surface area (Å²) in [5.41, 5.74) is 0.957. The van der Waals surface area contributed by atoms with Crippen molar-refractivity contribution in [2.24, 2.45) is 5.41 Å². The van der Waals surface area contributed by atoms with E-state index < -0.39 is 0 Å². The van der Waals surface area contributed by atoms with E-state index in [1.165, 1.54) is 0 Å². The number of aryl methyl sites for hydroxylation is 1. The second-order valence-corrected chi connectivity index (χ2v) is 6.58. The number of aromatic nitrogens is 4. The molecule has 1 unspecified atom stereocenters. The Morgan fingerprint density at radius 2 is 2.11 bits per heavy atom. The molecule has 1 atom stereocenters. The Balaban J connectivity index is 2.06. The fourth-order valence-electron chi connectivity index (χ4n) is 2.01. The number of fused-ring (bicyclic) bond motifs is 1. The molecule has 0 aromatic carbocycles. The second kappa shape index (κ2) is 5.33. The molecule has 2 aromatic rings. The van der Waals surface area contributed by atoms with Crippen LogP contribution in [0.5, 0.6) is 0 Å². The molecule has 0 amide bonds. The molecule has 19 heavy (non-hydrogen) atoms. The van der Waals surface area contributed by atoms with Crippen LogP contribution in [0.4, 0.5) is 5.82 Å². The molecule has 0 aliphatic heterocycles. The quantitative estimate of drug-likeness (QED) is 0.876. The number of hydrogen-bond acceptors (Lipinski definition) is 4. The summed E-state index contributed by atoms with van der Waals surface area (Å²) in [5, 5.41) is 11.5. The van der Waals surface area contributed by atoms with E-state index in [1.54, 1.807) is 6.20 Å². The lowest BCUT2D eigenvalue weighted by Crippen LogP contribution is -2.21. The Morgan fingerprint density at radius 3 is 2.79 bits per heavy atom. The molecule has 2 heterocycles. The van der Waals surface area contributed by atoms with Gasteiger partial charge in [-0.1, -0.05) is 20.8 Å². The van der Waals surface area contributed by atoms with E-state index in [1.807, 2.05) is 17.5 Å². The monoisotopic (exact) mass is 281 g/mol. The van der Waals surface area contributed by atoms with Crippen molar-refractivity contribution < 1.29 is 0 Å². The van der Waals surface area contributed by atoms with Gasteiger partial charge in [0.05, 0.1) is 5.38 Å². The first-order valence-corrected chi connectivity index (χ1v) is 6.85. The van der Waals surface area contributed by atoms with Crippen LogP contribution in [0.1, 0.15) is 33.0 Å². The molecule has 5 nitrogen and oxygen atoms in total. The van der Waals surface area contributed by atoms with Crippen LogP contribution in [0.15, 0.2) is 12.4 Å². The molecule has 0 spiro atoms. The van der Waals surface area contributed by atoms with Crippen LogP contribution in [-0.4, -0.2) is 31.5 Å². The summed E-state index contributed by atoms with van der Waals surface area (Å²) in [6.45, 7) is 9.13. The highest BCUT2D eigenvalue weighted by Gasteiger charge is 2.17. The van der Waals surface area contributed by atoms with Gasteiger partial charge >= 0.3 is 0 Å². The van der Waals surface area contributed by atoms with Crippen LogP contribution in [0.2, 0.25) is 0 Å². The summed E-state index contributed by atoms with van der Waals surface area (Å²) in [5.74, 6) is 1.57. The first-order valence-electron chi connectivity index (χ1n) is 6.41. The molecule has 1 N–H and O–H groups in total. The van der Waals surface area contributed by atoms with E-state index in [-0.39, 0.29) is 10.8 Å². The summed E-state index contributed by atoms with van der Waals surface area (Å²) in [6.07, 6.45) is 4.53. The standard InChI is InChI=1S/C13H20ClN5/c1-9-17-18-12-11(15-5-6-19(9)12)16-8-10(14)7-13(2,3)4/h5-6,10H,7-8H2,1-4H3,(H,15,16). The Labute approximate surface area is 118 Å². The van der Waals surface area contributed by atoms with Crippen molar-refractivity contribution in [1.29, 1.82) is 0 Å². The van der Waals surface area contributed by atoms with Gasteiger partial charge in [0, 0.05) is 18.9 Å². The lowest BCUT2D eigenvalue weighted by Gasteiger charge is -2.22. The van der Waals surface area contributed by atoms with Crippen molar-refractivity contribution >= 4 is 23.1 Å². The van der Waals surface area contributed by atoms with Gasteiger partial charge in [-0.3, -0.25) is 4.40 Å². The van der Waals surface area contributed by atoms with Crippen LogP contribution in [0, 0.1) is 12.3 Å². The van der Waals surface area contributed by atoms with Gasteiger partial charge in [0.2, 0.25) is 5.65 Å². The van der Waals surface area contributed by atoms with Crippen LogP contribution < -0.4 is 5.32 Å². The molecule has 104 valence electrons. The van der Waals surface area contributed by atoms with Gasteiger partial charge in [0.15, 0.2) is 5.82 Å². The van der Waals surface area contributed by atoms with E-state index in [4.69, 9.17) is 11.6 Å². The zero-order valence-corrected chi connectivity index (χ0v) is 12.6. The zero-order chi connectivity index (χ0) is 14.0. The molecular weight excluding hydrogens is 262 g/mol. The molecule has 0 bridgehead atoms. The maximum Gasteiger partial charge on any atom is 0.203 e. The number of halogens is 1. The number of rotatable bonds is 4. The summed E-state index contributed by atoms with van der Waals surface area (Å²) in [4.78, 5) is 4.30. The number of nitrogens with zero attached hydrogens (tertiary/aromatic N) is 4. The minimum absolute atomic E-state index is 0.0612. The molecule has 0 aliphatic rings. The van der Waals surface area contributed by atoms with Crippen molar-refractivity contribution in [2.75, 3.05) is 11.9 Å². The average Bonchev–Trinajstić information content (AvgIpc) is 2.67. The lowest BCUT2D eigenvalue weighted by atomic mass is 9.90. The SMILES string of the molecule is Cc1nnc2c(NCC(Cl)CC(C)(C)C)nccn12. The molecule has 0 radical (unpaired) electrons. The first kappa shape index (κ1) is 14.1. The number of hydrogen-bond donors (Lipinski definition) is 1. The topological polar surface area (TPSA) is 55.1 Å². The molecule has 0 saturated heterocycles. The van der Waals surface area contributed by atoms with E-state index in [2.05, 4.69) is 41.3 Å². The van der Waals surface area contributed by atoms with Gasteiger partial charge in [-0.25, -0.2) is 4.98 Å². The molecule has 0 saturated carbocycles. The largest absolute Gasteiger partial charge is 0.365 e. The van der Waals surface area contributed by atoms with Gasteiger partial charge in [0.25, 0.3) is 0 Å². The highest BCUT2D eigenvalue weighted by molar-refractivity contribution is 6.20. The summed E-state index contributed by atoms with van der Waals surface area (Å²) in [7, 11) is 0. The first-order chi connectivity index (χ1) is 8.87. The highest BCUT2D eigenvalue weighted by Crippen LogP contribution is 2.24. The van der Waals surface area contributed by atoms with Gasteiger partial charge in [-0.15, -0.1) is 21.8 Å². The average molecular weight is 282 g/mol. The third-order valence-electron chi connectivity index (χ3n) is 2.82. The van der Waals surface area contributed by atoms with Crippen LogP contribution in [0.25, 0.3) is 5.65 Å². The van der Waals surface area contributed by atoms with Gasteiger partial charge in [0.1, 0.15) is 5.82 Å². The zero-order valence-electron chi connectivity index (χ0n) is 11.8. The predicted molar refractivity (Wildman–Crippen MR) is 77.7 cm³/mol. The van der Waals surface area contributed by atoms with Crippen molar-refractivity contribution in [1.82, 2.24) is 19.6 Å². The third kappa shape index (κ3) is 3.56. The normalized spacial score (nSPS) is 13.7. The smallest absolute Gasteiger partial charge is 0.203 e. The Kier molecular flexibility index (Phi) is 3.94. The van der Waals surface area contributed by atoms with E-state index in [9.17, 15) is 0 Å². The minimum atomic E-state index is 0.0612. The molecule has 0 aliphatic carbocycles. The van der Waals surface area contributed by atoms with Crippen LogP contribution in [0.3, 0.4) is 0 Å². The predicted octanol–water partition coefficient (Wildman–Crippen LogP) is 2.89. The number of alkyl halides is 1. The fourth-order valence-corrected chi connectivity index (χ4v) is 2.55. The number of nitrogens with one attached hydrogen (secondary N) is 1. The minimum Gasteiger partial charge on any atom is -0.365 e. The second-order valence-electron chi connectivity index (χ2n) is 5.96. The molecule has 2 rings (SSSR count). The highest BCUT2D eigenvalue weighted by atomic mass is 35.5. The Morgan fingerprint density at radius 1 is 1.37 bits per heavy atom. The van der Waals surface area contributed by atoms with Crippen molar-refractivity contribution in [2.45, 2.75) is 39.5 Å². The maximum absolute atomic E-state index is 6.34. The molecule has 2 aromatic heterocycles. The maximum atomic E-state index is 6.34. The van der Waals surface area contributed by atoms with E-state index >= 15 is 0 Å². The molecule has 0 fully saturated rings. The summed E-state index contributed by atoms with van der Waals surface area (Å²) >= 11 is 6.34. The summed E-state index contributed by atoms with van der Waals surface area (Å²) in [6, 6.07) is 0. The lowest BCUT2D eigenvalue weighted by molar-refractivity contribution is 0.373. The van der Waals surface area contributed by atoms with Crippen LogP contribution in [-0.2, 0) is 0 Å². The summed E-state index contributed by atoms with van der Waals surface area (Å²) < 4.78 is 1.91. The van der Waals surface area contributed by atoms with Crippen molar-refractivity contribution in [3.8, 4) is 0 Å². The van der Waals surface area contributed by atoms with Gasteiger partial charge in [-0.05, 0) is 18.8 Å². The fraction of sp³-hybridized carbons (Fsp3) is 0.615. The third-order valence-corrected chi connectivity index (χ3v) is 3.13. The van der Waals surface area contributed by atoms with Crippen molar-refractivity contribution in [3.63, 3.8) is 0 Å². The Bertz CT molecular complexity index is 558. The molecular formula is C13H20ClN5. The molecule has 6 heteroatoms. The number of anilines is 1. The van der Waals surface area contributed by atoms with Gasteiger partial charge < -0.3 is 5.32 Å². The van der Waals surface area contributed by atoms with Crippen molar-refractivity contribution in [3.05, 3.63) is 18.2 Å². The van der Waals surface area contributed by atoms with Crippen LogP contribution >= 0.6 is 11.6 Å². The van der Waals surface area contributed by atoms with E-state index in [0.29, 0.717) is 6.54 Å². The van der Waals surface area contributed by atoms with Gasteiger partial charge in [-0.2, -0.15) is 0 Å². The van der Waals surface area contributed by atoms with E-state index in [0.717, 1.165) is 23.7 Å².